The van der Waals surface area contributed by atoms with E-state index in [0.717, 1.165) is 36.3 Å². The van der Waals surface area contributed by atoms with Crippen molar-refractivity contribution < 1.29 is 4.79 Å². The summed E-state index contributed by atoms with van der Waals surface area (Å²) in [6, 6.07) is 17.2. The number of likely N-dealkylation sites (tertiary alicyclic amines) is 1. The molecule has 1 aliphatic rings. The minimum Gasteiger partial charge on any atom is -0.330 e. The zero-order chi connectivity index (χ0) is 21.0. The average molecular weight is 410 g/mol. The number of carbonyl (C=O) groups is 1. The number of pyridine rings is 1. The molecule has 3 aromatic heterocycles. The maximum absolute atomic E-state index is 13.3. The van der Waals surface area contributed by atoms with E-state index in [2.05, 4.69) is 15.1 Å². The molecule has 154 valence electrons. The van der Waals surface area contributed by atoms with Crippen LogP contribution in [0.25, 0.3) is 11.5 Å². The van der Waals surface area contributed by atoms with E-state index < -0.39 is 0 Å². The van der Waals surface area contributed by atoms with Gasteiger partial charge in [0.15, 0.2) is 5.82 Å². The Morgan fingerprint density at radius 2 is 1.87 bits per heavy atom. The minimum atomic E-state index is -0.0540. The first-order valence-corrected chi connectivity index (χ1v) is 10.4. The molecular formula is C24H22N6O. The number of hydrogen-bond donors (Lipinski definition) is 0. The molecule has 0 bridgehead atoms. The number of benzene rings is 1. The molecule has 1 aromatic carbocycles. The first kappa shape index (κ1) is 19.1. The lowest BCUT2D eigenvalue weighted by Crippen LogP contribution is -2.31. The zero-order valence-corrected chi connectivity index (χ0v) is 17.0. The molecule has 7 heteroatoms. The van der Waals surface area contributed by atoms with Crippen molar-refractivity contribution in [2.75, 3.05) is 6.54 Å². The summed E-state index contributed by atoms with van der Waals surface area (Å²) in [7, 11) is 0. The highest BCUT2D eigenvalue weighted by Crippen LogP contribution is 2.32. The van der Waals surface area contributed by atoms with Crippen molar-refractivity contribution >= 4 is 5.91 Å². The van der Waals surface area contributed by atoms with Gasteiger partial charge in [-0.1, -0.05) is 18.2 Å². The summed E-state index contributed by atoms with van der Waals surface area (Å²) >= 11 is 0. The minimum absolute atomic E-state index is 0.0335. The molecule has 1 amide bonds. The first-order valence-electron chi connectivity index (χ1n) is 10.4. The molecule has 1 fully saturated rings. The lowest BCUT2D eigenvalue weighted by Gasteiger charge is -2.24. The van der Waals surface area contributed by atoms with Crippen molar-refractivity contribution in [1.29, 1.82) is 0 Å². The van der Waals surface area contributed by atoms with Gasteiger partial charge in [0.05, 0.1) is 18.3 Å². The summed E-state index contributed by atoms with van der Waals surface area (Å²) in [5, 5.41) is 4.23. The quantitative estimate of drug-likeness (QED) is 0.501. The van der Waals surface area contributed by atoms with Crippen LogP contribution in [-0.4, -0.2) is 42.1 Å². The van der Waals surface area contributed by atoms with Gasteiger partial charge in [-0.05, 0) is 54.8 Å². The summed E-state index contributed by atoms with van der Waals surface area (Å²) in [6.45, 7) is 1.41. The van der Waals surface area contributed by atoms with Gasteiger partial charge in [-0.25, -0.2) is 9.97 Å². The van der Waals surface area contributed by atoms with Crippen molar-refractivity contribution in [2.24, 2.45) is 0 Å². The second kappa shape index (κ2) is 8.47. The topological polar surface area (TPSA) is 76.8 Å². The van der Waals surface area contributed by atoms with Crippen molar-refractivity contribution in [3.63, 3.8) is 0 Å². The van der Waals surface area contributed by atoms with Gasteiger partial charge in [0.1, 0.15) is 5.69 Å². The third-order valence-corrected chi connectivity index (χ3v) is 5.53. The smallest absolute Gasteiger partial charge is 0.254 e. The van der Waals surface area contributed by atoms with Gasteiger partial charge < -0.3 is 4.90 Å². The molecule has 4 aromatic rings. The number of rotatable bonds is 5. The van der Waals surface area contributed by atoms with Crippen molar-refractivity contribution in [2.45, 2.75) is 25.4 Å². The zero-order valence-electron chi connectivity index (χ0n) is 17.0. The highest BCUT2D eigenvalue weighted by atomic mass is 16.2. The monoisotopic (exact) mass is 410 g/mol. The lowest BCUT2D eigenvalue weighted by molar-refractivity contribution is 0.0733. The van der Waals surface area contributed by atoms with Crippen LogP contribution in [0.1, 0.15) is 40.5 Å². The van der Waals surface area contributed by atoms with Gasteiger partial charge in [0.2, 0.25) is 0 Å². The molecule has 0 N–H and O–H groups in total. The van der Waals surface area contributed by atoms with Crippen LogP contribution >= 0.6 is 0 Å². The number of carbonyl (C=O) groups excluding carboxylic acids is 1. The Labute approximate surface area is 180 Å². The average Bonchev–Trinajstić information content (AvgIpc) is 3.52. The predicted octanol–water partition coefficient (Wildman–Crippen LogP) is 3.76. The number of amides is 1. The fraction of sp³-hybridized carbons (Fsp3) is 0.208. The summed E-state index contributed by atoms with van der Waals surface area (Å²) in [4.78, 5) is 28.6. The Morgan fingerprint density at radius 3 is 2.65 bits per heavy atom. The van der Waals surface area contributed by atoms with Crippen LogP contribution in [0, 0.1) is 0 Å². The molecule has 31 heavy (non-hydrogen) atoms. The molecule has 0 spiro atoms. The molecule has 4 heterocycles. The maximum atomic E-state index is 13.3. The summed E-state index contributed by atoms with van der Waals surface area (Å²) in [5.74, 6) is 0.617. The van der Waals surface area contributed by atoms with Crippen LogP contribution in [-0.2, 0) is 6.54 Å². The molecule has 0 aliphatic carbocycles. The second-order valence-electron chi connectivity index (χ2n) is 7.58. The van der Waals surface area contributed by atoms with E-state index >= 15 is 0 Å². The lowest BCUT2D eigenvalue weighted by atomic mass is 10.1. The number of hydrogen-bond acceptors (Lipinski definition) is 5. The Morgan fingerprint density at radius 1 is 0.968 bits per heavy atom. The van der Waals surface area contributed by atoms with Crippen LogP contribution in [0.5, 0.6) is 0 Å². The Kier molecular flexibility index (Phi) is 5.22. The van der Waals surface area contributed by atoms with E-state index in [9.17, 15) is 4.79 Å². The SMILES string of the molecule is O=C(c1ccc(Cn2cccn2)cc1)N1CCC[C@H]1c1ccnc(-c2ccccn2)n1. The van der Waals surface area contributed by atoms with Gasteiger partial charge in [0, 0.05) is 36.9 Å². The Balaban J connectivity index is 1.35. The third kappa shape index (κ3) is 4.07. The van der Waals surface area contributed by atoms with E-state index in [-0.39, 0.29) is 11.9 Å². The molecule has 0 saturated carbocycles. The summed E-state index contributed by atoms with van der Waals surface area (Å²) < 4.78 is 1.86. The normalized spacial score (nSPS) is 15.9. The van der Waals surface area contributed by atoms with Gasteiger partial charge in [0.25, 0.3) is 5.91 Å². The first-order chi connectivity index (χ1) is 15.3. The van der Waals surface area contributed by atoms with Gasteiger partial charge in [-0.15, -0.1) is 0 Å². The largest absolute Gasteiger partial charge is 0.330 e. The van der Waals surface area contributed by atoms with Crippen LogP contribution < -0.4 is 0 Å². The van der Waals surface area contributed by atoms with E-state index in [4.69, 9.17) is 4.98 Å². The van der Waals surface area contributed by atoms with Gasteiger partial charge in [-0.2, -0.15) is 5.10 Å². The molecule has 7 nitrogen and oxygen atoms in total. The highest BCUT2D eigenvalue weighted by molar-refractivity contribution is 5.94. The highest BCUT2D eigenvalue weighted by Gasteiger charge is 2.31. The molecule has 0 radical (unpaired) electrons. The summed E-state index contributed by atoms with van der Waals surface area (Å²) in [5.41, 5.74) is 3.38. The third-order valence-electron chi connectivity index (χ3n) is 5.53. The van der Waals surface area contributed by atoms with E-state index in [1.54, 1.807) is 18.6 Å². The molecule has 1 aliphatic heterocycles. The molecule has 5 rings (SSSR count). The number of nitrogens with zero attached hydrogens (tertiary/aromatic N) is 6. The molecule has 1 saturated heterocycles. The van der Waals surface area contributed by atoms with E-state index in [1.807, 2.05) is 70.4 Å². The van der Waals surface area contributed by atoms with Crippen molar-refractivity contribution in [3.8, 4) is 11.5 Å². The summed E-state index contributed by atoms with van der Waals surface area (Å²) in [6.07, 6.45) is 9.01. The molecule has 1 atom stereocenters. The van der Waals surface area contributed by atoms with Gasteiger partial charge in [-0.3, -0.25) is 14.5 Å². The van der Waals surface area contributed by atoms with E-state index in [1.165, 1.54) is 0 Å². The standard InChI is InChI=1S/C24H22N6O/c31-24(19-9-7-18(8-10-19)17-29-15-4-13-27-29)30-16-3-6-22(30)20-11-14-26-23(28-20)21-5-1-2-12-25-21/h1-2,4-5,7-15,22H,3,6,16-17H2/t22-/m0/s1. The molecular weight excluding hydrogens is 388 g/mol. The van der Waals surface area contributed by atoms with E-state index in [0.29, 0.717) is 17.9 Å². The molecule has 0 unspecified atom stereocenters. The van der Waals surface area contributed by atoms with Crippen molar-refractivity contribution in [1.82, 2.24) is 29.6 Å². The number of aromatic nitrogens is 5. The van der Waals surface area contributed by atoms with Crippen LogP contribution in [0.2, 0.25) is 0 Å². The second-order valence-corrected chi connectivity index (χ2v) is 7.58. The fourth-order valence-corrected chi connectivity index (χ4v) is 3.99. The maximum Gasteiger partial charge on any atom is 0.254 e. The van der Waals surface area contributed by atoms with Gasteiger partial charge >= 0.3 is 0 Å². The van der Waals surface area contributed by atoms with Crippen molar-refractivity contribution in [3.05, 3.63) is 96.2 Å². The Hall–Kier alpha value is -3.87. The van der Waals surface area contributed by atoms with Crippen LogP contribution in [0.3, 0.4) is 0 Å². The van der Waals surface area contributed by atoms with Crippen LogP contribution in [0.15, 0.2) is 79.4 Å². The fourth-order valence-electron chi connectivity index (χ4n) is 3.99. The predicted molar refractivity (Wildman–Crippen MR) is 116 cm³/mol. The Bertz CT molecular complexity index is 1160. The van der Waals surface area contributed by atoms with Crippen LogP contribution in [0.4, 0.5) is 0 Å².